The predicted octanol–water partition coefficient (Wildman–Crippen LogP) is 1.84. The van der Waals surface area contributed by atoms with Crippen LogP contribution in [0.2, 0.25) is 0 Å². The van der Waals surface area contributed by atoms with Crippen LogP contribution < -0.4 is 10.2 Å². The summed E-state index contributed by atoms with van der Waals surface area (Å²) in [5, 5.41) is 11.9. The summed E-state index contributed by atoms with van der Waals surface area (Å²) in [6.45, 7) is 6.60. The molecule has 126 valence electrons. The zero-order valence-corrected chi connectivity index (χ0v) is 13.2. The van der Waals surface area contributed by atoms with Crippen molar-refractivity contribution in [2.24, 2.45) is 5.92 Å². The van der Waals surface area contributed by atoms with Crippen molar-refractivity contribution in [2.45, 2.75) is 6.42 Å². The van der Waals surface area contributed by atoms with Crippen LogP contribution in [0.4, 0.5) is 14.9 Å². The van der Waals surface area contributed by atoms with Crippen LogP contribution >= 0.6 is 0 Å². The number of anilines is 1. The molecule has 0 spiro atoms. The Hall–Kier alpha value is -2.08. The molecular formula is C17H24FN3O2. The molecule has 1 aliphatic rings. The highest BCUT2D eigenvalue weighted by Crippen LogP contribution is 2.23. The standard InChI is InChI=1S/C17H24FN3O2/c1-2-8-20(10-11-22)17(23)19-12-14-7-9-21(13-14)16-5-3-15(18)4-6-16/h2-6,14,22H,1,7-13H2,(H,19,23). The molecule has 1 aliphatic heterocycles. The average molecular weight is 321 g/mol. The molecule has 6 heteroatoms. The van der Waals surface area contributed by atoms with E-state index in [1.54, 1.807) is 18.2 Å². The minimum atomic E-state index is -0.233. The molecule has 2 amide bonds. The Bertz CT molecular complexity index is 521. The van der Waals surface area contributed by atoms with E-state index in [0.29, 0.717) is 25.6 Å². The number of carbonyl (C=O) groups excluding carboxylic acids is 1. The van der Waals surface area contributed by atoms with Gasteiger partial charge in [0.15, 0.2) is 0 Å². The summed E-state index contributed by atoms with van der Waals surface area (Å²) < 4.78 is 13.0. The third-order valence-corrected chi connectivity index (χ3v) is 4.03. The van der Waals surface area contributed by atoms with Gasteiger partial charge in [-0.15, -0.1) is 6.58 Å². The summed E-state index contributed by atoms with van der Waals surface area (Å²) in [7, 11) is 0. The van der Waals surface area contributed by atoms with Crippen LogP contribution in [0.25, 0.3) is 0 Å². The Balaban J connectivity index is 1.80. The normalized spacial score (nSPS) is 17.1. The highest BCUT2D eigenvalue weighted by molar-refractivity contribution is 5.74. The second-order valence-corrected chi connectivity index (χ2v) is 5.72. The fourth-order valence-electron chi connectivity index (χ4n) is 2.78. The van der Waals surface area contributed by atoms with Crippen molar-refractivity contribution in [3.8, 4) is 0 Å². The van der Waals surface area contributed by atoms with Gasteiger partial charge >= 0.3 is 6.03 Å². The molecule has 1 aromatic carbocycles. The number of benzene rings is 1. The first kappa shape index (κ1) is 17.3. The lowest BCUT2D eigenvalue weighted by Gasteiger charge is -2.22. The zero-order chi connectivity index (χ0) is 16.7. The molecule has 1 heterocycles. The van der Waals surface area contributed by atoms with Crippen LogP contribution in [0.1, 0.15) is 6.42 Å². The van der Waals surface area contributed by atoms with E-state index >= 15 is 0 Å². The van der Waals surface area contributed by atoms with E-state index in [1.165, 1.54) is 17.0 Å². The molecule has 5 nitrogen and oxygen atoms in total. The highest BCUT2D eigenvalue weighted by Gasteiger charge is 2.23. The molecule has 0 radical (unpaired) electrons. The summed E-state index contributed by atoms with van der Waals surface area (Å²) in [6.07, 6.45) is 2.63. The number of aliphatic hydroxyl groups is 1. The summed E-state index contributed by atoms with van der Waals surface area (Å²) in [4.78, 5) is 15.8. The summed E-state index contributed by atoms with van der Waals surface area (Å²) in [5.41, 5.74) is 1.01. The van der Waals surface area contributed by atoms with Crippen LogP contribution in [0.3, 0.4) is 0 Å². The summed E-state index contributed by atoms with van der Waals surface area (Å²) in [5.74, 6) is 0.131. The maximum Gasteiger partial charge on any atom is 0.317 e. The molecule has 0 aliphatic carbocycles. The SMILES string of the molecule is C=CCN(CCO)C(=O)NCC1CCN(c2ccc(F)cc2)C1. The van der Waals surface area contributed by atoms with Gasteiger partial charge in [-0.1, -0.05) is 6.08 Å². The zero-order valence-electron chi connectivity index (χ0n) is 13.2. The van der Waals surface area contributed by atoms with Crippen LogP contribution in [0.5, 0.6) is 0 Å². The molecule has 1 fully saturated rings. The number of nitrogens with one attached hydrogen (secondary N) is 1. The lowest BCUT2D eigenvalue weighted by atomic mass is 10.1. The number of nitrogens with zero attached hydrogens (tertiary/aromatic N) is 2. The van der Waals surface area contributed by atoms with Gasteiger partial charge in [0.1, 0.15) is 5.82 Å². The molecule has 2 N–H and O–H groups in total. The van der Waals surface area contributed by atoms with Crippen molar-refractivity contribution in [1.29, 1.82) is 0 Å². The first-order valence-corrected chi connectivity index (χ1v) is 7.89. The molecule has 1 atom stereocenters. The molecule has 23 heavy (non-hydrogen) atoms. The van der Waals surface area contributed by atoms with Gasteiger partial charge in [0, 0.05) is 38.4 Å². The minimum Gasteiger partial charge on any atom is -0.395 e. The van der Waals surface area contributed by atoms with Gasteiger partial charge in [0.2, 0.25) is 0 Å². The van der Waals surface area contributed by atoms with Crippen molar-refractivity contribution in [3.63, 3.8) is 0 Å². The van der Waals surface area contributed by atoms with Gasteiger partial charge in [-0.2, -0.15) is 0 Å². The van der Waals surface area contributed by atoms with Gasteiger partial charge < -0.3 is 20.2 Å². The fourth-order valence-corrected chi connectivity index (χ4v) is 2.78. The minimum absolute atomic E-state index is 0.0664. The van der Waals surface area contributed by atoms with Crippen LogP contribution in [0, 0.1) is 11.7 Å². The number of rotatable bonds is 7. The number of halogens is 1. The fraction of sp³-hybridized carbons (Fsp3) is 0.471. The van der Waals surface area contributed by atoms with Crippen molar-refractivity contribution in [3.05, 3.63) is 42.7 Å². The maximum atomic E-state index is 13.0. The van der Waals surface area contributed by atoms with Crippen LogP contribution in [0.15, 0.2) is 36.9 Å². The van der Waals surface area contributed by atoms with E-state index in [2.05, 4.69) is 16.8 Å². The van der Waals surface area contributed by atoms with Gasteiger partial charge in [0.25, 0.3) is 0 Å². The summed E-state index contributed by atoms with van der Waals surface area (Å²) in [6, 6.07) is 6.31. The Morgan fingerprint density at radius 2 is 2.22 bits per heavy atom. The predicted molar refractivity (Wildman–Crippen MR) is 89.0 cm³/mol. The molecule has 0 bridgehead atoms. The van der Waals surface area contributed by atoms with E-state index in [1.807, 2.05) is 0 Å². The number of aliphatic hydroxyl groups excluding tert-OH is 1. The summed E-state index contributed by atoms with van der Waals surface area (Å²) >= 11 is 0. The van der Waals surface area contributed by atoms with Crippen LogP contribution in [-0.4, -0.2) is 55.4 Å². The quantitative estimate of drug-likeness (QED) is 0.754. The Morgan fingerprint density at radius 1 is 1.48 bits per heavy atom. The maximum absolute atomic E-state index is 13.0. The van der Waals surface area contributed by atoms with Crippen molar-refractivity contribution >= 4 is 11.7 Å². The van der Waals surface area contributed by atoms with Crippen molar-refractivity contribution in [2.75, 3.05) is 44.2 Å². The topological polar surface area (TPSA) is 55.8 Å². The third kappa shape index (κ3) is 4.96. The van der Waals surface area contributed by atoms with E-state index in [0.717, 1.165) is 25.2 Å². The number of carbonyl (C=O) groups is 1. The highest BCUT2D eigenvalue weighted by atomic mass is 19.1. The van der Waals surface area contributed by atoms with E-state index in [4.69, 9.17) is 5.11 Å². The van der Waals surface area contributed by atoms with Crippen molar-refractivity contribution < 1.29 is 14.3 Å². The first-order valence-electron chi connectivity index (χ1n) is 7.89. The molecule has 1 saturated heterocycles. The van der Waals surface area contributed by atoms with Gasteiger partial charge in [0.05, 0.1) is 6.61 Å². The lowest BCUT2D eigenvalue weighted by Crippen LogP contribution is -2.43. The first-order chi connectivity index (χ1) is 11.1. The third-order valence-electron chi connectivity index (χ3n) is 4.03. The molecule has 0 aromatic heterocycles. The molecule has 1 unspecified atom stereocenters. The van der Waals surface area contributed by atoms with E-state index < -0.39 is 0 Å². The molecular weight excluding hydrogens is 297 g/mol. The number of hydrogen-bond donors (Lipinski definition) is 2. The molecule has 2 rings (SSSR count). The van der Waals surface area contributed by atoms with E-state index in [9.17, 15) is 9.18 Å². The molecule has 0 saturated carbocycles. The molecule has 1 aromatic rings. The van der Waals surface area contributed by atoms with Gasteiger partial charge in [-0.25, -0.2) is 9.18 Å². The lowest BCUT2D eigenvalue weighted by molar-refractivity contribution is 0.182. The van der Waals surface area contributed by atoms with Gasteiger partial charge in [-0.3, -0.25) is 0 Å². The number of urea groups is 1. The van der Waals surface area contributed by atoms with Crippen LogP contribution in [-0.2, 0) is 0 Å². The smallest absolute Gasteiger partial charge is 0.317 e. The number of amides is 2. The largest absolute Gasteiger partial charge is 0.395 e. The Labute approximate surface area is 136 Å². The number of hydrogen-bond acceptors (Lipinski definition) is 3. The van der Waals surface area contributed by atoms with Gasteiger partial charge in [-0.05, 0) is 36.6 Å². The van der Waals surface area contributed by atoms with E-state index in [-0.39, 0.29) is 18.5 Å². The Morgan fingerprint density at radius 3 is 2.87 bits per heavy atom. The second kappa shape index (κ2) is 8.53. The van der Waals surface area contributed by atoms with Crippen molar-refractivity contribution in [1.82, 2.24) is 10.2 Å². The second-order valence-electron chi connectivity index (χ2n) is 5.72. The average Bonchev–Trinajstić information content (AvgIpc) is 3.02. The Kier molecular flexibility index (Phi) is 6.40. The monoisotopic (exact) mass is 321 g/mol.